The summed E-state index contributed by atoms with van der Waals surface area (Å²) in [5.74, 6) is -0.951. The Morgan fingerprint density at radius 3 is 2.22 bits per heavy atom. The van der Waals surface area contributed by atoms with Crippen molar-refractivity contribution in [2.24, 2.45) is 0 Å². The highest BCUT2D eigenvalue weighted by Gasteiger charge is 2.33. The lowest BCUT2D eigenvalue weighted by molar-refractivity contribution is -0.139. The van der Waals surface area contributed by atoms with Crippen LogP contribution in [0.15, 0.2) is 71.6 Å². The van der Waals surface area contributed by atoms with E-state index in [9.17, 15) is 18.0 Å². The molecule has 0 unspecified atom stereocenters. The van der Waals surface area contributed by atoms with Crippen LogP contribution in [-0.2, 0) is 26.2 Å². The Hall–Kier alpha value is -3.07. The van der Waals surface area contributed by atoms with Gasteiger partial charge in [-0.05, 0) is 68.3 Å². The van der Waals surface area contributed by atoms with Gasteiger partial charge in [-0.25, -0.2) is 8.42 Å². The molecule has 0 saturated carbocycles. The Kier molecular flexibility index (Phi) is 9.23. The number of rotatable bonds is 9. The summed E-state index contributed by atoms with van der Waals surface area (Å²) in [5, 5.41) is 3.36. The maximum atomic E-state index is 13.8. The van der Waals surface area contributed by atoms with Gasteiger partial charge in [0.15, 0.2) is 0 Å². The molecule has 1 N–H and O–H groups in total. The molecule has 0 bridgehead atoms. The van der Waals surface area contributed by atoms with Crippen molar-refractivity contribution in [3.63, 3.8) is 0 Å². The number of halogens is 2. The summed E-state index contributed by atoms with van der Waals surface area (Å²) in [5.41, 5.74) is 2.49. The second-order valence-electron chi connectivity index (χ2n) is 8.70. The summed E-state index contributed by atoms with van der Waals surface area (Å²) < 4.78 is 28.7. The third-order valence-electron chi connectivity index (χ3n) is 5.98. The summed E-state index contributed by atoms with van der Waals surface area (Å²) in [4.78, 5) is 27.7. The van der Waals surface area contributed by atoms with E-state index in [1.165, 1.54) is 30.1 Å². The average molecular weight is 563 g/mol. The van der Waals surface area contributed by atoms with E-state index in [4.69, 9.17) is 23.2 Å². The van der Waals surface area contributed by atoms with E-state index >= 15 is 0 Å². The first kappa shape index (κ1) is 28.5. The lowest BCUT2D eigenvalue weighted by Crippen LogP contribution is -2.50. The zero-order valence-electron chi connectivity index (χ0n) is 21.0. The molecule has 3 aromatic carbocycles. The molecular formula is C27H29Cl2N3O4S. The molecule has 0 spiro atoms. The summed E-state index contributed by atoms with van der Waals surface area (Å²) in [6.45, 7) is 4.70. The monoisotopic (exact) mass is 561 g/mol. The molecule has 2 amide bonds. The first-order chi connectivity index (χ1) is 17.4. The number of anilines is 1. The minimum Gasteiger partial charge on any atom is -0.357 e. The van der Waals surface area contributed by atoms with Crippen molar-refractivity contribution in [3.05, 3.63) is 93.5 Å². The smallest absolute Gasteiger partial charge is 0.264 e. The van der Waals surface area contributed by atoms with Crippen molar-refractivity contribution in [1.29, 1.82) is 0 Å². The number of carbonyl (C=O) groups is 2. The number of hydrogen-bond donors (Lipinski definition) is 1. The minimum atomic E-state index is -4.16. The molecule has 0 aromatic heterocycles. The zero-order chi connectivity index (χ0) is 27.3. The van der Waals surface area contributed by atoms with Gasteiger partial charge in [0.2, 0.25) is 11.8 Å². The van der Waals surface area contributed by atoms with Gasteiger partial charge in [-0.3, -0.25) is 13.9 Å². The molecular weight excluding hydrogens is 533 g/mol. The maximum Gasteiger partial charge on any atom is 0.264 e. The van der Waals surface area contributed by atoms with Gasteiger partial charge in [0, 0.05) is 23.6 Å². The molecule has 196 valence electrons. The van der Waals surface area contributed by atoms with E-state index in [0.29, 0.717) is 21.2 Å². The highest BCUT2D eigenvalue weighted by molar-refractivity contribution is 7.92. The van der Waals surface area contributed by atoms with Crippen molar-refractivity contribution in [1.82, 2.24) is 10.2 Å². The summed E-state index contributed by atoms with van der Waals surface area (Å²) in [6, 6.07) is 17.3. The minimum absolute atomic E-state index is 0.0333. The number of carbonyl (C=O) groups excluding carboxylic acids is 2. The number of amides is 2. The fraction of sp³-hybridized carbons (Fsp3) is 0.259. The van der Waals surface area contributed by atoms with Crippen LogP contribution in [0.25, 0.3) is 0 Å². The van der Waals surface area contributed by atoms with E-state index in [0.717, 1.165) is 9.87 Å². The SMILES string of the molecule is CNC(=O)[C@@H](C)N(Cc1cccc(Cl)c1)C(=O)CN(c1cc(Cl)ccc1C)S(=O)(=O)c1ccc(C)cc1. The summed E-state index contributed by atoms with van der Waals surface area (Å²) in [6.07, 6.45) is 0. The van der Waals surface area contributed by atoms with Crippen molar-refractivity contribution in [2.75, 3.05) is 17.9 Å². The average Bonchev–Trinajstić information content (AvgIpc) is 2.86. The number of benzene rings is 3. The predicted molar refractivity (Wildman–Crippen MR) is 147 cm³/mol. The Labute approximate surface area is 228 Å². The van der Waals surface area contributed by atoms with E-state index < -0.39 is 28.5 Å². The number of aryl methyl sites for hydroxylation is 2. The number of nitrogens with zero attached hydrogens (tertiary/aromatic N) is 2. The number of likely N-dealkylation sites (N-methyl/N-ethyl adjacent to an activating group) is 1. The Morgan fingerprint density at radius 1 is 0.946 bits per heavy atom. The van der Waals surface area contributed by atoms with Crippen molar-refractivity contribution in [3.8, 4) is 0 Å². The molecule has 0 aliphatic rings. The molecule has 0 saturated heterocycles. The van der Waals surface area contributed by atoms with Crippen molar-refractivity contribution in [2.45, 2.75) is 38.3 Å². The molecule has 10 heteroatoms. The number of hydrogen-bond acceptors (Lipinski definition) is 4. The van der Waals surface area contributed by atoms with Crippen LogP contribution >= 0.6 is 23.2 Å². The molecule has 0 aliphatic heterocycles. The van der Waals surface area contributed by atoms with E-state index in [1.807, 2.05) is 6.92 Å². The van der Waals surface area contributed by atoms with Gasteiger partial charge in [-0.2, -0.15) is 0 Å². The van der Waals surface area contributed by atoms with Crippen LogP contribution in [0.3, 0.4) is 0 Å². The van der Waals surface area contributed by atoms with Crippen LogP contribution in [0.2, 0.25) is 10.0 Å². The van der Waals surface area contributed by atoms with Crippen LogP contribution in [0.5, 0.6) is 0 Å². The second kappa shape index (κ2) is 12.0. The fourth-order valence-corrected chi connectivity index (χ4v) is 5.68. The van der Waals surface area contributed by atoms with Gasteiger partial charge >= 0.3 is 0 Å². The van der Waals surface area contributed by atoms with Gasteiger partial charge in [0.25, 0.3) is 10.0 Å². The van der Waals surface area contributed by atoms with Crippen LogP contribution in [0.1, 0.15) is 23.6 Å². The van der Waals surface area contributed by atoms with E-state index in [1.54, 1.807) is 62.4 Å². The fourth-order valence-electron chi connectivity index (χ4n) is 3.83. The van der Waals surface area contributed by atoms with Crippen LogP contribution in [0, 0.1) is 13.8 Å². The number of sulfonamides is 1. The van der Waals surface area contributed by atoms with Gasteiger partial charge in [-0.15, -0.1) is 0 Å². The molecule has 3 aromatic rings. The third-order valence-corrected chi connectivity index (χ3v) is 8.23. The maximum absolute atomic E-state index is 13.8. The van der Waals surface area contributed by atoms with Crippen LogP contribution in [0.4, 0.5) is 5.69 Å². The topological polar surface area (TPSA) is 86.8 Å². The van der Waals surface area contributed by atoms with E-state index in [2.05, 4.69) is 5.32 Å². The molecule has 37 heavy (non-hydrogen) atoms. The molecule has 0 fully saturated rings. The first-order valence-electron chi connectivity index (χ1n) is 11.5. The summed E-state index contributed by atoms with van der Waals surface area (Å²) >= 11 is 12.4. The third kappa shape index (κ3) is 6.83. The van der Waals surface area contributed by atoms with Gasteiger partial charge in [0.05, 0.1) is 10.6 Å². The predicted octanol–water partition coefficient (Wildman–Crippen LogP) is 4.97. The second-order valence-corrected chi connectivity index (χ2v) is 11.4. The summed E-state index contributed by atoms with van der Waals surface area (Å²) in [7, 11) is -2.69. The molecule has 1 atom stereocenters. The highest BCUT2D eigenvalue weighted by atomic mass is 35.5. The quantitative estimate of drug-likeness (QED) is 0.399. The zero-order valence-corrected chi connectivity index (χ0v) is 23.4. The lowest BCUT2D eigenvalue weighted by atomic mass is 10.1. The molecule has 0 heterocycles. The van der Waals surface area contributed by atoms with Gasteiger partial charge in [-0.1, -0.05) is 59.1 Å². The highest BCUT2D eigenvalue weighted by Crippen LogP contribution is 2.30. The number of nitrogens with one attached hydrogen (secondary N) is 1. The molecule has 7 nitrogen and oxygen atoms in total. The Bertz CT molecular complexity index is 1400. The first-order valence-corrected chi connectivity index (χ1v) is 13.7. The van der Waals surface area contributed by atoms with Gasteiger partial charge in [0.1, 0.15) is 12.6 Å². The molecule has 0 radical (unpaired) electrons. The lowest BCUT2D eigenvalue weighted by Gasteiger charge is -2.32. The van der Waals surface area contributed by atoms with Gasteiger partial charge < -0.3 is 10.2 Å². The van der Waals surface area contributed by atoms with Crippen molar-refractivity contribution >= 4 is 50.7 Å². The Morgan fingerprint density at radius 2 is 1.59 bits per heavy atom. The molecule has 3 rings (SSSR count). The largest absolute Gasteiger partial charge is 0.357 e. The van der Waals surface area contributed by atoms with Crippen molar-refractivity contribution < 1.29 is 18.0 Å². The normalized spacial score (nSPS) is 12.1. The molecule has 0 aliphatic carbocycles. The van der Waals surface area contributed by atoms with Crippen LogP contribution in [-0.4, -0.2) is 44.8 Å². The van der Waals surface area contributed by atoms with E-state index in [-0.39, 0.29) is 23.0 Å². The Balaban J connectivity index is 2.08. The van der Waals surface area contributed by atoms with Crippen LogP contribution < -0.4 is 9.62 Å². The standard InChI is InChI=1S/C27H29Cl2N3O4S/c1-18-8-12-24(13-9-18)37(35,36)32(25-15-23(29)11-10-19(25)2)17-26(33)31(20(3)27(34)30-4)16-21-6-5-7-22(28)14-21/h5-15,20H,16-17H2,1-4H3,(H,30,34)/t20-/m1/s1.